The van der Waals surface area contributed by atoms with E-state index < -0.39 is 0 Å². The molecule has 1 aromatic rings. The molecule has 92 valence electrons. The molecule has 0 N–H and O–H groups in total. The molecule has 0 aliphatic carbocycles. The molecule has 0 saturated carbocycles. The van der Waals surface area contributed by atoms with Crippen LogP contribution >= 0.6 is 0 Å². The van der Waals surface area contributed by atoms with Gasteiger partial charge in [-0.25, -0.2) is 0 Å². The topological polar surface area (TPSA) is 12.5 Å². The smallest absolute Gasteiger partial charge is 0.118 e. The minimum Gasteiger partial charge on any atom is -0.497 e. The van der Waals surface area contributed by atoms with Gasteiger partial charge in [0.25, 0.3) is 0 Å². The molecular weight excluding hydrogens is 210 g/mol. The molecule has 1 atom stereocenters. The average Bonchev–Trinajstić information content (AvgIpc) is 2.40. The summed E-state index contributed by atoms with van der Waals surface area (Å²) in [5, 5.41) is 0. The molecule has 1 saturated heterocycles. The van der Waals surface area contributed by atoms with Gasteiger partial charge in [-0.2, -0.15) is 0 Å². The fourth-order valence-electron chi connectivity index (χ4n) is 2.45. The van der Waals surface area contributed by atoms with Gasteiger partial charge in [0.2, 0.25) is 0 Å². The lowest BCUT2D eigenvalue weighted by Gasteiger charge is -2.33. The Morgan fingerprint density at radius 2 is 2.12 bits per heavy atom. The average molecular weight is 231 g/mol. The Morgan fingerprint density at radius 3 is 2.76 bits per heavy atom. The molecule has 2 heteroatoms. The largest absolute Gasteiger partial charge is 0.497 e. The van der Waals surface area contributed by atoms with Gasteiger partial charge < -0.3 is 4.74 Å². The summed E-state index contributed by atoms with van der Waals surface area (Å²) in [5.41, 5.74) is 1.35. The van der Waals surface area contributed by atoms with Crippen LogP contribution in [0.1, 0.15) is 24.8 Å². The molecule has 0 bridgehead atoms. The monoisotopic (exact) mass is 231 g/mol. The molecule has 0 spiro atoms. The standard InChI is InChI=1S/C15H21NO/c1-3-14-6-4-5-11-16(14)12-13-7-9-15(17-2)10-8-13/h3,7-10,14H,1,4-6,11-12H2,2H3/t14-/m1/s1. The summed E-state index contributed by atoms with van der Waals surface area (Å²) in [5.74, 6) is 0.924. The van der Waals surface area contributed by atoms with Crippen LogP contribution in [0, 0.1) is 0 Å². The minimum atomic E-state index is 0.547. The first kappa shape index (κ1) is 12.2. The van der Waals surface area contributed by atoms with E-state index in [4.69, 9.17) is 4.74 Å². The van der Waals surface area contributed by atoms with E-state index in [1.54, 1.807) is 7.11 Å². The Labute approximate surface area is 104 Å². The maximum Gasteiger partial charge on any atom is 0.118 e. The van der Waals surface area contributed by atoms with Gasteiger partial charge in [-0.3, -0.25) is 4.90 Å². The number of ether oxygens (including phenoxy) is 1. The first-order valence-electron chi connectivity index (χ1n) is 6.33. The number of likely N-dealkylation sites (tertiary alicyclic amines) is 1. The molecule has 0 unspecified atom stereocenters. The zero-order valence-corrected chi connectivity index (χ0v) is 10.6. The Hall–Kier alpha value is -1.28. The van der Waals surface area contributed by atoms with Crippen molar-refractivity contribution in [3.8, 4) is 5.75 Å². The van der Waals surface area contributed by atoms with Crippen molar-refractivity contribution >= 4 is 0 Å². The Bertz CT molecular complexity index is 358. The minimum absolute atomic E-state index is 0.547. The second-order valence-electron chi connectivity index (χ2n) is 4.62. The van der Waals surface area contributed by atoms with Gasteiger partial charge in [0.1, 0.15) is 5.75 Å². The molecule has 2 nitrogen and oxygen atoms in total. The van der Waals surface area contributed by atoms with Crippen LogP contribution in [0.2, 0.25) is 0 Å². The summed E-state index contributed by atoms with van der Waals surface area (Å²) in [4.78, 5) is 2.51. The van der Waals surface area contributed by atoms with Crippen molar-refractivity contribution in [2.75, 3.05) is 13.7 Å². The van der Waals surface area contributed by atoms with Crippen LogP contribution < -0.4 is 4.74 Å². The van der Waals surface area contributed by atoms with Gasteiger partial charge in [0.05, 0.1) is 7.11 Å². The molecule has 17 heavy (non-hydrogen) atoms. The Balaban J connectivity index is 2.00. The van der Waals surface area contributed by atoms with Gasteiger partial charge in [-0.05, 0) is 37.1 Å². The van der Waals surface area contributed by atoms with Crippen molar-refractivity contribution in [2.24, 2.45) is 0 Å². The second kappa shape index (κ2) is 5.87. The summed E-state index contributed by atoms with van der Waals surface area (Å²) in [6.07, 6.45) is 5.97. The zero-order chi connectivity index (χ0) is 12.1. The lowest BCUT2D eigenvalue weighted by Crippen LogP contribution is -2.37. The predicted molar refractivity (Wildman–Crippen MR) is 71.2 cm³/mol. The fraction of sp³-hybridized carbons (Fsp3) is 0.467. The molecule has 0 radical (unpaired) electrons. The van der Waals surface area contributed by atoms with Crippen molar-refractivity contribution in [2.45, 2.75) is 31.8 Å². The summed E-state index contributed by atoms with van der Waals surface area (Å²) in [7, 11) is 1.70. The van der Waals surface area contributed by atoms with E-state index in [0.717, 1.165) is 12.3 Å². The van der Waals surface area contributed by atoms with Crippen LogP contribution in [0.4, 0.5) is 0 Å². The van der Waals surface area contributed by atoms with E-state index in [-0.39, 0.29) is 0 Å². The third kappa shape index (κ3) is 3.10. The third-order valence-corrected chi connectivity index (χ3v) is 3.48. The number of piperidine rings is 1. The molecular formula is C15H21NO. The summed E-state index contributed by atoms with van der Waals surface area (Å²) >= 11 is 0. The number of benzene rings is 1. The van der Waals surface area contributed by atoms with Crippen molar-refractivity contribution in [3.63, 3.8) is 0 Å². The predicted octanol–water partition coefficient (Wildman–Crippen LogP) is 3.24. The van der Waals surface area contributed by atoms with E-state index in [9.17, 15) is 0 Å². The quantitative estimate of drug-likeness (QED) is 0.738. The second-order valence-corrected chi connectivity index (χ2v) is 4.62. The van der Waals surface area contributed by atoms with E-state index in [2.05, 4.69) is 29.7 Å². The molecule has 0 aromatic heterocycles. The number of hydrogen-bond acceptors (Lipinski definition) is 2. The maximum atomic E-state index is 5.17. The van der Waals surface area contributed by atoms with Crippen LogP contribution in [0.5, 0.6) is 5.75 Å². The lowest BCUT2D eigenvalue weighted by atomic mass is 10.0. The Kier molecular flexibility index (Phi) is 4.21. The first-order valence-corrected chi connectivity index (χ1v) is 6.33. The third-order valence-electron chi connectivity index (χ3n) is 3.48. The first-order chi connectivity index (χ1) is 8.33. The molecule has 2 rings (SSSR count). The van der Waals surface area contributed by atoms with E-state index in [0.29, 0.717) is 6.04 Å². The number of rotatable bonds is 4. The summed E-state index contributed by atoms with van der Waals surface area (Å²) in [6, 6.07) is 8.90. The van der Waals surface area contributed by atoms with E-state index >= 15 is 0 Å². The normalized spacial score (nSPS) is 21.1. The molecule has 0 amide bonds. The van der Waals surface area contributed by atoms with Gasteiger partial charge >= 0.3 is 0 Å². The fourth-order valence-corrected chi connectivity index (χ4v) is 2.45. The summed E-state index contributed by atoms with van der Waals surface area (Å²) < 4.78 is 5.17. The highest BCUT2D eigenvalue weighted by molar-refractivity contribution is 5.27. The van der Waals surface area contributed by atoms with Crippen LogP contribution in [0.25, 0.3) is 0 Å². The maximum absolute atomic E-state index is 5.17. The van der Waals surface area contributed by atoms with Gasteiger partial charge in [-0.15, -0.1) is 6.58 Å². The van der Waals surface area contributed by atoms with E-state index in [1.807, 2.05) is 12.1 Å². The van der Waals surface area contributed by atoms with Gasteiger partial charge in [0.15, 0.2) is 0 Å². The van der Waals surface area contributed by atoms with Gasteiger partial charge in [0, 0.05) is 12.6 Å². The number of methoxy groups -OCH3 is 1. The molecule has 1 heterocycles. The molecule has 1 aliphatic heterocycles. The van der Waals surface area contributed by atoms with Crippen LogP contribution in [0.15, 0.2) is 36.9 Å². The van der Waals surface area contributed by atoms with Crippen molar-refractivity contribution in [1.82, 2.24) is 4.90 Å². The van der Waals surface area contributed by atoms with Gasteiger partial charge in [-0.1, -0.05) is 24.6 Å². The zero-order valence-electron chi connectivity index (χ0n) is 10.6. The highest BCUT2D eigenvalue weighted by atomic mass is 16.5. The summed E-state index contributed by atoms with van der Waals surface area (Å²) in [6.45, 7) is 6.14. The van der Waals surface area contributed by atoms with Crippen molar-refractivity contribution in [1.29, 1.82) is 0 Å². The molecule has 1 aliphatic rings. The highest BCUT2D eigenvalue weighted by Gasteiger charge is 2.19. The Morgan fingerprint density at radius 1 is 1.35 bits per heavy atom. The molecule has 1 aromatic carbocycles. The van der Waals surface area contributed by atoms with Crippen LogP contribution in [0.3, 0.4) is 0 Å². The van der Waals surface area contributed by atoms with Crippen molar-refractivity contribution in [3.05, 3.63) is 42.5 Å². The lowest BCUT2D eigenvalue weighted by molar-refractivity contribution is 0.172. The number of hydrogen-bond donors (Lipinski definition) is 0. The SMILES string of the molecule is C=C[C@@H]1CCCCN1Cc1ccc(OC)cc1. The van der Waals surface area contributed by atoms with E-state index in [1.165, 1.54) is 31.4 Å². The number of nitrogens with zero attached hydrogens (tertiary/aromatic N) is 1. The van der Waals surface area contributed by atoms with Crippen LogP contribution in [-0.2, 0) is 6.54 Å². The van der Waals surface area contributed by atoms with Crippen molar-refractivity contribution < 1.29 is 4.74 Å². The van der Waals surface area contributed by atoms with Crippen LogP contribution in [-0.4, -0.2) is 24.6 Å². The molecule has 1 fully saturated rings. The highest BCUT2D eigenvalue weighted by Crippen LogP contribution is 2.21.